The standard InChI is InChI=1S/C13H19ClN2O/c1-4-17-11-7-10(13(11,2)3)16-9-5-6-12(14)15-8-9/h5-6,8,10-11,16H,4,7H2,1-3H3. The molecule has 0 spiro atoms. The molecule has 1 aliphatic carbocycles. The number of nitrogens with one attached hydrogen (secondary N) is 1. The fraction of sp³-hybridized carbons (Fsp3) is 0.615. The molecule has 1 fully saturated rings. The maximum Gasteiger partial charge on any atom is 0.129 e. The van der Waals surface area contributed by atoms with Crippen molar-refractivity contribution in [2.75, 3.05) is 11.9 Å². The van der Waals surface area contributed by atoms with Crippen molar-refractivity contribution in [2.24, 2.45) is 5.41 Å². The molecule has 4 heteroatoms. The first kappa shape index (κ1) is 12.7. The highest BCUT2D eigenvalue weighted by molar-refractivity contribution is 6.29. The summed E-state index contributed by atoms with van der Waals surface area (Å²) in [4.78, 5) is 4.07. The molecular weight excluding hydrogens is 236 g/mol. The smallest absolute Gasteiger partial charge is 0.129 e. The number of aromatic nitrogens is 1. The third-order valence-corrected chi connectivity index (χ3v) is 3.84. The van der Waals surface area contributed by atoms with Gasteiger partial charge in [-0.1, -0.05) is 25.4 Å². The first-order valence-corrected chi connectivity index (χ1v) is 6.41. The van der Waals surface area contributed by atoms with Crippen LogP contribution < -0.4 is 5.32 Å². The van der Waals surface area contributed by atoms with E-state index in [1.165, 1.54) is 0 Å². The van der Waals surface area contributed by atoms with E-state index in [0.29, 0.717) is 17.3 Å². The summed E-state index contributed by atoms with van der Waals surface area (Å²) in [7, 11) is 0. The first-order valence-electron chi connectivity index (χ1n) is 6.03. The molecule has 94 valence electrons. The Balaban J connectivity index is 1.95. The van der Waals surface area contributed by atoms with Crippen LogP contribution in [0.1, 0.15) is 27.2 Å². The highest BCUT2D eigenvalue weighted by Crippen LogP contribution is 2.44. The second-order valence-corrected chi connectivity index (χ2v) is 5.45. The van der Waals surface area contributed by atoms with Crippen LogP contribution in [0.3, 0.4) is 0 Å². The Hall–Kier alpha value is -0.800. The minimum Gasteiger partial charge on any atom is -0.380 e. The number of hydrogen-bond acceptors (Lipinski definition) is 3. The Morgan fingerprint density at radius 2 is 2.29 bits per heavy atom. The Kier molecular flexibility index (Phi) is 3.59. The molecule has 0 aliphatic heterocycles. The van der Waals surface area contributed by atoms with Crippen molar-refractivity contribution in [2.45, 2.75) is 39.3 Å². The summed E-state index contributed by atoms with van der Waals surface area (Å²) < 4.78 is 5.70. The van der Waals surface area contributed by atoms with Crippen molar-refractivity contribution >= 4 is 17.3 Å². The van der Waals surface area contributed by atoms with E-state index in [-0.39, 0.29) is 5.41 Å². The van der Waals surface area contributed by atoms with E-state index in [0.717, 1.165) is 18.7 Å². The molecule has 1 N–H and O–H groups in total. The molecule has 1 aliphatic rings. The Labute approximate surface area is 108 Å². The maximum absolute atomic E-state index is 5.76. The van der Waals surface area contributed by atoms with Gasteiger partial charge in [0.15, 0.2) is 0 Å². The van der Waals surface area contributed by atoms with Crippen molar-refractivity contribution in [1.82, 2.24) is 4.98 Å². The number of ether oxygens (including phenoxy) is 1. The van der Waals surface area contributed by atoms with Gasteiger partial charge in [0.05, 0.1) is 18.0 Å². The SMILES string of the molecule is CCOC1CC(Nc2ccc(Cl)nc2)C1(C)C. The van der Waals surface area contributed by atoms with E-state index in [9.17, 15) is 0 Å². The monoisotopic (exact) mass is 254 g/mol. The molecule has 1 saturated carbocycles. The lowest BCUT2D eigenvalue weighted by Gasteiger charge is -2.52. The normalized spacial score (nSPS) is 26.4. The van der Waals surface area contributed by atoms with E-state index >= 15 is 0 Å². The van der Waals surface area contributed by atoms with Crippen molar-refractivity contribution in [3.63, 3.8) is 0 Å². The molecule has 2 unspecified atom stereocenters. The van der Waals surface area contributed by atoms with Gasteiger partial charge in [-0.25, -0.2) is 4.98 Å². The summed E-state index contributed by atoms with van der Waals surface area (Å²) in [5.41, 5.74) is 1.18. The molecule has 17 heavy (non-hydrogen) atoms. The topological polar surface area (TPSA) is 34.1 Å². The van der Waals surface area contributed by atoms with Gasteiger partial charge >= 0.3 is 0 Å². The van der Waals surface area contributed by atoms with Crippen LogP contribution in [0.2, 0.25) is 5.15 Å². The van der Waals surface area contributed by atoms with Gasteiger partial charge in [-0.2, -0.15) is 0 Å². The van der Waals surface area contributed by atoms with Gasteiger partial charge in [0.25, 0.3) is 0 Å². The molecule has 0 radical (unpaired) electrons. The third-order valence-electron chi connectivity index (χ3n) is 3.61. The Morgan fingerprint density at radius 1 is 1.53 bits per heavy atom. The van der Waals surface area contributed by atoms with Crippen LogP contribution in [-0.4, -0.2) is 23.7 Å². The molecule has 2 atom stereocenters. The number of halogens is 1. The summed E-state index contributed by atoms with van der Waals surface area (Å²) in [5.74, 6) is 0. The minimum atomic E-state index is 0.162. The predicted molar refractivity (Wildman–Crippen MR) is 70.5 cm³/mol. The largest absolute Gasteiger partial charge is 0.380 e. The van der Waals surface area contributed by atoms with Crippen LogP contribution >= 0.6 is 11.6 Å². The lowest BCUT2D eigenvalue weighted by Crippen LogP contribution is -2.58. The van der Waals surface area contributed by atoms with Gasteiger partial charge < -0.3 is 10.1 Å². The lowest BCUT2D eigenvalue weighted by molar-refractivity contribution is -0.0976. The van der Waals surface area contributed by atoms with Crippen LogP contribution in [0.25, 0.3) is 0 Å². The second-order valence-electron chi connectivity index (χ2n) is 5.07. The number of nitrogens with zero attached hydrogens (tertiary/aromatic N) is 1. The van der Waals surface area contributed by atoms with Crippen LogP contribution in [0, 0.1) is 5.41 Å². The van der Waals surface area contributed by atoms with Gasteiger partial charge in [-0.15, -0.1) is 0 Å². The highest BCUT2D eigenvalue weighted by atomic mass is 35.5. The average molecular weight is 255 g/mol. The third kappa shape index (κ3) is 2.55. The van der Waals surface area contributed by atoms with E-state index in [4.69, 9.17) is 16.3 Å². The first-order chi connectivity index (χ1) is 8.04. The number of anilines is 1. The minimum absolute atomic E-state index is 0.162. The van der Waals surface area contributed by atoms with Gasteiger partial charge in [0, 0.05) is 18.1 Å². The van der Waals surface area contributed by atoms with Crippen molar-refractivity contribution < 1.29 is 4.74 Å². The van der Waals surface area contributed by atoms with Crippen LogP contribution in [0.5, 0.6) is 0 Å². The van der Waals surface area contributed by atoms with E-state index in [1.807, 2.05) is 13.0 Å². The van der Waals surface area contributed by atoms with Crippen LogP contribution in [0.4, 0.5) is 5.69 Å². The molecule has 3 nitrogen and oxygen atoms in total. The molecule has 1 aromatic rings. The van der Waals surface area contributed by atoms with Gasteiger partial charge in [0.2, 0.25) is 0 Å². The number of hydrogen-bond donors (Lipinski definition) is 1. The number of rotatable bonds is 4. The predicted octanol–water partition coefficient (Wildman–Crippen LogP) is 3.35. The second kappa shape index (κ2) is 4.83. The lowest BCUT2D eigenvalue weighted by atomic mass is 9.64. The average Bonchev–Trinajstić information content (AvgIpc) is 2.30. The summed E-state index contributed by atoms with van der Waals surface area (Å²) in [6.07, 6.45) is 3.17. The molecule has 0 bridgehead atoms. The molecule has 1 heterocycles. The zero-order valence-electron chi connectivity index (χ0n) is 10.5. The Morgan fingerprint density at radius 3 is 2.82 bits per heavy atom. The molecule has 2 rings (SSSR count). The van der Waals surface area contributed by atoms with Crippen molar-refractivity contribution in [1.29, 1.82) is 0 Å². The quantitative estimate of drug-likeness (QED) is 0.837. The molecule has 0 saturated heterocycles. The fourth-order valence-electron chi connectivity index (χ4n) is 2.28. The molecule has 0 aromatic carbocycles. The molecule has 1 aromatic heterocycles. The van der Waals surface area contributed by atoms with E-state index < -0.39 is 0 Å². The van der Waals surface area contributed by atoms with Crippen LogP contribution in [-0.2, 0) is 4.74 Å². The van der Waals surface area contributed by atoms with Gasteiger partial charge in [0.1, 0.15) is 5.15 Å². The number of pyridine rings is 1. The highest BCUT2D eigenvalue weighted by Gasteiger charge is 2.48. The summed E-state index contributed by atoms with van der Waals surface area (Å²) >= 11 is 5.76. The summed E-state index contributed by atoms with van der Waals surface area (Å²) in [5, 5.41) is 4.01. The van der Waals surface area contributed by atoms with Gasteiger partial charge in [-0.3, -0.25) is 0 Å². The Bertz CT molecular complexity index is 378. The fourth-order valence-corrected chi connectivity index (χ4v) is 2.39. The summed E-state index contributed by atoms with van der Waals surface area (Å²) in [6, 6.07) is 4.19. The van der Waals surface area contributed by atoms with Crippen molar-refractivity contribution in [3.05, 3.63) is 23.5 Å². The maximum atomic E-state index is 5.76. The van der Waals surface area contributed by atoms with E-state index in [1.54, 1.807) is 12.3 Å². The van der Waals surface area contributed by atoms with Crippen LogP contribution in [0.15, 0.2) is 18.3 Å². The van der Waals surface area contributed by atoms with Gasteiger partial charge in [-0.05, 0) is 25.5 Å². The zero-order chi connectivity index (χ0) is 12.5. The van der Waals surface area contributed by atoms with E-state index in [2.05, 4.69) is 24.1 Å². The zero-order valence-corrected chi connectivity index (χ0v) is 11.3. The molecule has 0 amide bonds. The van der Waals surface area contributed by atoms with Crippen molar-refractivity contribution in [3.8, 4) is 0 Å². The summed E-state index contributed by atoms with van der Waals surface area (Å²) in [6.45, 7) is 7.29. The molecular formula is C13H19ClN2O.